The first-order valence-electron chi connectivity index (χ1n) is 12.4. The van der Waals surface area contributed by atoms with E-state index >= 15 is 0 Å². The van der Waals surface area contributed by atoms with Crippen LogP contribution in [-0.2, 0) is 4.74 Å². The lowest BCUT2D eigenvalue weighted by Gasteiger charge is -2.25. The van der Waals surface area contributed by atoms with Crippen LogP contribution in [0.2, 0.25) is 0 Å². The van der Waals surface area contributed by atoms with Crippen LogP contribution in [0.1, 0.15) is 70.2 Å². The summed E-state index contributed by atoms with van der Waals surface area (Å²) in [5, 5.41) is 33.9. The van der Waals surface area contributed by atoms with E-state index < -0.39 is 0 Å². The van der Waals surface area contributed by atoms with Gasteiger partial charge in [0.2, 0.25) is 0 Å². The monoisotopic (exact) mass is 480 g/mol. The zero-order valence-corrected chi connectivity index (χ0v) is 21.0. The summed E-state index contributed by atoms with van der Waals surface area (Å²) in [6.07, 6.45) is 7.52. The van der Waals surface area contributed by atoms with Gasteiger partial charge in [-0.3, -0.25) is 4.79 Å². The summed E-state index contributed by atoms with van der Waals surface area (Å²) < 4.78 is 5.66. The average Bonchev–Trinajstić information content (AvgIpc) is 3.43. The smallest absolute Gasteiger partial charge is 0.260 e. The van der Waals surface area contributed by atoms with Gasteiger partial charge < -0.3 is 30.3 Å². The molecule has 1 saturated heterocycles. The Morgan fingerprint density at radius 1 is 1.17 bits per heavy atom. The molecule has 2 aromatic rings. The Morgan fingerprint density at radius 3 is 2.63 bits per heavy atom. The molecule has 0 spiro atoms. The Kier molecular flexibility index (Phi) is 6.99. The van der Waals surface area contributed by atoms with Crippen LogP contribution in [-0.4, -0.2) is 39.5 Å². The molecule has 0 aliphatic carbocycles. The standard InChI is InChI=1S/C28H36N2O5/c1-17(11-12-24-28(3,4)35-24)7-5-8-18(2)13-14-30-21-15-19(31)16-23(33)26(21)29-25-20(27(30)34)9-6-10-22(25)32/h6-7,9-10,15-16,18,24,29,31-33H,5,8,11-14H2,1-4H3. The van der Waals surface area contributed by atoms with Crippen molar-refractivity contribution in [1.29, 1.82) is 0 Å². The number of amides is 1. The molecule has 2 aliphatic rings. The van der Waals surface area contributed by atoms with E-state index in [1.807, 2.05) is 0 Å². The first-order valence-corrected chi connectivity index (χ1v) is 12.4. The molecular weight excluding hydrogens is 444 g/mol. The number of fused-ring (bicyclic) bond motifs is 2. The first kappa shape index (κ1) is 24.9. The third-order valence-corrected chi connectivity index (χ3v) is 7.10. The number of nitrogens with one attached hydrogen (secondary N) is 1. The van der Waals surface area contributed by atoms with Crippen molar-refractivity contribution in [2.45, 2.75) is 71.5 Å². The number of ether oxygens (including phenoxy) is 1. The predicted molar refractivity (Wildman–Crippen MR) is 138 cm³/mol. The summed E-state index contributed by atoms with van der Waals surface area (Å²) in [6, 6.07) is 7.43. The lowest BCUT2D eigenvalue weighted by atomic mass is 9.98. The number of aromatic hydroxyl groups is 3. The van der Waals surface area contributed by atoms with Gasteiger partial charge in [-0.2, -0.15) is 0 Å². The number of anilines is 3. The van der Waals surface area contributed by atoms with Crippen LogP contribution in [0.3, 0.4) is 0 Å². The molecule has 35 heavy (non-hydrogen) atoms. The van der Waals surface area contributed by atoms with Crippen molar-refractivity contribution in [2.75, 3.05) is 16.8 Å². The first-order chi connectivity index (χ1) is 16.6. The zero-order chi connectivity index (χ0) is 25.3. The number of allylic oxidation sites excluding steroid dienone is 2. The SMILES string of the molecule is CC(=CCCC(C)CCN1C(=O)c2cccc(O)c2Nc2c(O)cc(O)cc21)CCC1OC1(C)C. The molecule has 1 amide bonds. The van der Waals surface area contributed by atoms with Gasteiger partial charge in [-0.05, 0) is 70.9 Å². The molecule has 2 aliphatic heterocycles. The van der Waals surface area contributed by atoms with Gasteiger partial charge in [0.1, 0.15) is 22.9 Å². The third kappa shape index (κ3) is 5.56. The van der Waals surface area contributed by atoms with Crippen LogP contribution < -0.4 is 10.2 Å². The molecule has 4 N–H and O–H groups in total. The second kappa shape index (κ2) is 9.82. The van der Waals surface area contributed by atoms with E-state index in [9.17, 15) is 20.1 Å². The molecule has 188 valence electrons. The van der Waals surface area contributed by atoms with Crippen molar-refractivity contribution in [3.63, 3.8) is 0 Å². The van der Waals surface area contributed by atoms with E-state index in [1.54, 1.807) is 17.0 Å². The molecule has 2 atom stereocenters. The number of benzene rings is 2. The summed E-state index contributed by atoms with van der Waals surface area (Å²) in [5.41, 5.74) is 2.65. The highest BCUT2D eigenvalue weighted by Crippen LogP contribution is 2.46. The number of para-hydroxylation sites is 1. The Hall–Kier alpha value is -3.19. The Balaban J connectivity index is 1.41. The van der Waals surface area contributed by atoms with Gasteiger partial charge in [0, 0.05) is 18.7 Å². The van der Waals surface area contributed by atoms with Gasteiger partial charge >= 0.3 is 0 Å². The number of epoxide rings is 1. The number of hydrogen-bond donors (Lipinski definition) is 4. The fraction of sp³-hybridized carbons (Fsp3) is 0.464. The molecule has 0 saturated carbocycles. The van der Waals surface area contributed by atoms with Gasteiger partial charge in [0.05, 0.1) is 28.6 Å². The fourth-order valence-corrected chi connectivity index (χ4v) is 4.70. The van der Waals surface area contributed by atoms with E-state index in [-0.39, 0.29) is 40.1 Å². The summed E-state index contributed by atoms with van der Waals surface area (Å²) in [7, 11) is 0. The number of phenolic OH excluding ortho intramolecular Hbond substituents is 3. The minimum absolute atomic E-state index is 0.0422. The quantitative estimate of drug-likeness (QED) is 0.147. The number of rotatable bonds is 9. The maximum atomic E-state index is 13.5. The lowest BCUT2D eigenvalue weighted by molar-refractivity contribution is 0.0986. The normalized spacial score (nSPS) is 19.4. The highest BCUT2D eigenvalue weighted by atomic mass is 16.6. The molecular formula is C28H36N2O5. The van der Waals surface area contributed by atoms with Crippen LogP contribution in [0.25, 0.3) is 0 Å². The number of nitrogens with zero attached hydrogens (tertiary/aromatic N) is 1. The maximum absolute atomic E-state index is 13.5. The van der Waals surface area contributed by atoms with E-state index in [2.05, 4.69) is 39.1 Å². The second-order valence-electron chi connectivity index (χ2n) is 10.4. The fourth-order valence-electron chi connectivity index (χ4n) is 4.70. The van der Waals surface area contributed by atoms with Crippen molar-refractivity contribution >= 4 is 23.0 Å². The molecule has 0 radical (unpaired) electrons. The van der Waals surface area contributed by atoms with Crippen molar-refractivity contribution in [3.8, 4) is 17.2 Å². The molecule has 2 heterocycles. The van der Waals surface area contributed by atoms with Crippen molar-refractivity contribution in [3.05, 3.63) is 47.5 Å². The van der Waals surface area contributed by atoms with Gasteiger partial charge in [-0.25, -0.2) is 0 Å². The molecule has 0 bridgehead atoms. The molecule has 2 unspecified atom stereocenters. The minimum atomic E-state index is -0.291. The second-order valence-corrected chi connectivity index (χ2v) is 10.4. The lowest BCUT2D eigenvalue weighted by Crippen LogP contribution is -2.32. The summed E-state index contributed by atoms with van der Waals surface area (Å²) in [5.74, 6) is -0.331. The largest absolute Gasteiger partial charge is 0.508 e. The van der Waals surface area contributed by atoms with Gasteiger partial charge in [0.25, 0.3) is 5.91 Å². The molecule has 4 rings (SSSR count). The zero-order valence-electron chi connectivity index (χ0n) is 21.0. The van der Waals surface area contributed by atoms with E-state index in [4.69, 9.17) is 4.74 Å². The summed E-state index contributed by atoms with van der Waals surface area (Å²) in [4.78, 5) is 15.0. The number of phenols is 3. The van der Waals surface area contributed by atoms with Crippen molar-refractivity contribution in [2.24, 2.45) is 5.92 Å². The van der Waals surface area contributed by atoms with Crippen LogP contribution in [0.15, 0.2) is 42.0 Å². The predicted octanol–water partition coefficient (Wildman–Crippen LogP) is 6.22. The van der Waals surface area contributed by atoms with Crippen LogP contribution in [0.4, 0.5) is 17.1 Å². The molecule has 0 aromatic heterocycles. The molecule has 7 nitrogen and oxygen atoms in total. The topological polar surface area (TPSA) is 106 Å². The summed E-state index contributed by atoms with van der Waals surface area (Å²) in [6.45, 7) is 9.03. The van der Waals surface area contributed by atoms with E-state index in [0.29, 0.717) is 29.8 Å². The summed E-state index contributed by atoms with van der Waals surface area (Å²) >= 11 is 0. The van der Waals surface area contributed by atoms with Crippen LogP contribution in [0, 0.1) is 5.92 Å². The van der Waals surface area contributed by atoms with Crippen LogP contribution >= 0.6 is 0 Å². The van der Waals surface area contributed by atoms with Crippen molar-refractivity contribution < 1.29 is 24.9 Å². The van der Waals surface area contributed by atoms with Crippen LogP contribution in [0.5, 0.6) is 17.2 Å². The van der Waals surface area contributed by atoms with E-state index in [1.165, 1.54) is 23.8 Å². The van der Waals surface area contributed by atoms with Crippen molar-refractivity contribution in [1.82, 2.24) is 0 Å². The maximum Gasteiger partial charge on any atom is 0.260 e. The molecule has 1 fully saturated rings. The molecule has 7 heteroatoms. The minimum Gasteiger partial charge on any atom is -0.508 e. The van der Waals surface area contributed by atoms with E-state index in [0.717, 1.165) is 32.1 Å². The number of carbonyl (C=O) groups is 1. The average molecular weight is 481 g/mol. The Morgan fingerprint density at radius 2 is 1.91 bits per heavy atom. The third-order valence-electron chi connectivity index (χ3n) is 7.10. The highest BCUT2D eigenvalue weighted by molar-refractivity contribution is 6.15. The highest BCUT2D eigenvalue weighted by Gasteiger charge is 2.46. The number of carbonyl (C=O) groups excluding carboxylic acids is 1. The van der Waals surface area contributed by atoms with Gasteiger partial charge in [-0.15, -0.1) is 0 Å². The van der Waals surface area contributed by atoms with Gasteiger partial charge in [-0.1, -0.05) is 24.6 Å². The molecule has 2 aromatic carbocycles. The Bertz CT molecular complexity index is 1140. The Labute approximate surface area is 207 Å². The number of hydrogen-bond acceptors (Lipinski definition) is 6. The van der Waals surface area contributed by atoms with Gasteiger partial charge in [0.15, 0.2) is 0 Å².